The molecule has 33 heavy (non-hydrogen) atoms. The van der Waals surface area contributed by atoms with Crippen LogP contribution in [0, 0.1) is 11.8 Å². The average molecular weight is 456 g/mol. The molecule has 2 amide bonds. The van der Waals surface area contributed by atoms with Gasteiger partial charge in [0.15, 0.2) is 12.2 Å². The highest BCUT2D eigenvalue weighted by atomic mass is 16.5. The summed E-state index contributed by atoms with van der Waals surface area (Å²) >= 11 is 0. The Kier molecular flexibility index (Phi) is 8.34. The van der Waals surface area contributed by atoms with Crippen LogP contribution < -0.4 is 10.6 Å². The van der Waals surface area contributed by atoms with E-state index in [1.54, 1.807) is 13.8 Å². The number of nitrogens with zero attached hydrogens (tertiary/aromatic N) is 1. The van der Waals surface area contributed by atoms with Crippen molar-refractivity contribution in [2.45, 2.75) is 52.2 Å². The van der Waals surface area contributed by atoms with Crippen molar-refractivity contribution in [3.05, 3.63) is 53.7 Å². The number of aryl methyl sites for hydroxylation is 1. The van der Waals surface area contributed by atoms with Crippen LogP contribution in [0.15, 0.2) is 41.1 Å². The summed E-state index contributed by atoms with van der Waals surface area (Å²) < 4.78 is 10.6. The van der Waals surface area contributed by atoms with Crippen molar-refractivity contribution < 1.29 is 28.3 Å². The minimum absolute atomic E-state index is 0.0713. The Morgan fingerprint density at radius 3 is 2.73 bits per heavy atom. The summed E-state index contributed by atoms with van der Waals surface area (Å²) in [4.78, 5) is 54.7. The van der Waals surface area contributed by atoms with E-state index in [-0.39, 0.29) is 31.1 Å². The van der Waals surface area contributed by atoms with E-state index < -0.39 is 29.7 Å². The molecule has 1 aromatic carbocycles. The van der Waals surface area contributed by atoms with Gasteiger partial charge in [-0.2, -0.15) is 0 Å². The predicted molar refractivity (Wildman–Crippen MR) is 118 cm³/mol. The number of fused-ring (bicyclic) bond motifs is 1. The molecule has 0 saturated carbocycles. The lowest BCUT2D eigenvalue weighted by atomic mass is 9.86. The standard InChI is InChI=1S/C24H29N3O6/c1-15(2)21(27-24(31)32-13-16-7-4-3-5-8-16)19(28)12-17-11-18-20(33-14-26-18)9-6-10-25-23(30)22(17)29/h3-5,7-8,14-15,17,21H,6,9-13H2,1-2H3,(H,25,30)(H,27,31). The van der Waals surface area contributed by atoms with Crippen molar-refractivity contribution in [2.24, 2.45) is 11.8 Å². The summed E-state index contributed by atoms with van der Waals surface area (Å²) in [5.41, 5.74) is 1.40. The first-order chi connectivity index (χ1) is 15.8. The second-order valence-electron chi connectivity index (χ2n) is 8.45. The summed E-state index contributed by atoms with van der Waals surface area (Å²) in [5.74, 6) is -2.23. The Balaban J connectivity index is 1.67. The quantitative estimate of drug-likeness (QED) is 0.614. The molecule has 0 radical (unpaired) electrons. The molecule has 9 heteroatoms. The molecule has 2 aromatic rings. The van der Waals surface area contributed by atoms with Gasteiger partial charge in [-0.05, 0) is 17.9 Å². The molecule has 2 heterocycles. The third-order valence-corrected chi connectivity index (χ3v) is 5.57. The fraction of sp³-hybridized carbons (Fsp3) is 0.458. The minimum atomic E-state index is -0.900. The third-order valence-electron chi connectivity index (χ3n) is 5.57. The second kappa shape index (κ2) is 11.4. The lowest BCUT2D eigenvalue weighted by Gasteiger charge is -2.23. The average Bonchev–Trinajstić information content (AvgIpc) is 3.24. The zero-order valence-corrected chi connectivity index (χ0v) is 18.8. The van der Waals surface area contributed by atoms with Crippen LogP contribution in [0.2, 0.25) is 0 Å². The van der Waals surface area contributed by atoms with Crippen molar-refractivity contribution in [3.63, 3.8) is 0 Å². The monoisotopic (exact) mass is 455 g/mol. The van der Waals surface area contributed by atoms with Crippen LogP contribution in [-0.4, -0.2) is 41.1 Å². The number of benzene rings is 1. The van der Waals surface area contributed by atoms with Crippen molar-refractivity contribution in [2.75, 3.05) is 6.54 Å². The Labute approximate surface area is 192 Å². The number of alkyl carbamates (subject to hydrolysis) is 1. The molecule has 3 rings (SSSR count). The highest BCUT2D eigenvalue weighted by molar-refractivity contribution is 6.37. The van der Waals surface area contributed by atoms with Crippen LogP contribution in [0.4, 0.5) is 4.79 Å². The molecular formula is C24H29N3O6. The van der Waals surface area contributed by atoms with Crippen molar-refractivity contribution >= 4 is 23.6 Å². The van der Waals surface area contributed by atoms with E-state index in [9.17, 15) is 19.2 Å². The van der Waals surface area contributed by atoms with Gasteiger partial charge in [-0.15, -0.1) is 0 Å². The highest BCUT2D eigenvalue weighted by Gasteiger charge is 2.34. The predicted octanol–water partition coefficient (Wildman–Crippen LogP) is 2.38. The van der Waals surface area contributed by atoms with E-state index >= 15 is 0 Å². The number of carbonyl (C=O) groups excluding carboxylic acids is 4. The van der Waals surface area contributed by atoms with Gasteiger partial charge in [0, 0.05) is 31.7 Å². The fourth-order valence-corrected chi connectivity index (χ4v) is 3.76. The highest BCUT2D eigenvalue weighted by Crippen LogP contribution is 2.21. The van der Waals surface area contributed by atoms with Gasteiger partial charge in [0.05, 0.1) is 11.7 Å². The lowest BCUT2D eigenvalue weighted by molar-refractivity contribution is -0.141. The molecule has 2 unspecified atom stereocenters. The molecule has 0 aliphatic carbocycles. The first-order valence-electron chi connectivity index (χ1n) is 11.1. The van der Waals surface area contributed by atoms with E-state index in [0.717, 1.165) is 5.56 Å². The summed E-state index contributed by atoms with van der Waals surface area (Å²) in [6.45, 7) is 3.98. The van der Waals surface area contributed by atoms with Gasteiger partial charge in [-0.3, -0.25) is 14.4 Å². The molecule has 1 aromatic heterocycles. The number of aromatic nitrogens is 1. The van der Waals surface area contributed by atoms with Crippen molar-refractivity contribution in [3.8, 4) is 0 Å². The Bertz CT molecular complexity index is 985. The summed E-state index contributed by atoms with van der Waals surface area (Å²) in [6, 6.07) is 8.32. The second-order valence-corrected chi connectivity index (χ2v) is 8.45. The number of amides is 2. The topological polar surface area (TPSA) is 128 Å². The number of hydrogen-bond acceptors (Lipinski definition) is 7. The van der Waals surface area contributed by atoms with E-state index in [1.807, 2.05) is 30.3 Å². The largest absolute Gasteiger partial charge is 0.448 e. The molecule has 2 atom stereocenters. The van der Waals surface area contributed by atoms with Crippen LogP contribution in [0.3, 0.4) is 0 Å². The number of Topliss-reactive ketones (excluding diaryl/α,β-unsaturated/α-hetero) is 2. The Hall–Kier alpha value is -3.49. The van der Waals surface area contributed by atoms with Gasteiger partial charge < -0.3 is 19.8 Å². The number of rotatable bonds is 7. The third kappa shape index (κ3) is 6.74. The van der Waals surface area contributed by atoms with E-state index in [4.69, 9.17) is 9.15 Å². The Morgan fingerprint density at radius 1 is 1.24 bits per heavy atom. The van der Waals surface area contributed by atoms with Crippen LogP contribution in [0.25, 0.3) is 0 Å². The smallest absolute Gasteiger partial charge is 0.408 e. The fourth-order valence-electron chi connectivity index (χ4n) is 3.76. The lowest BCUT2D eigenvalue weighted by Crippen LogP contribution is -2.46. The zero-order chi connectivity index (χ0) is 23.8. The maximum Gasteiger partial charge on any atom is 0.408 e. The molecule has 2 N–H and O–H groups in total. The molecule has 1 aliphatic heterocycles. The van der Waals surface area contributed by atoms with Gasteiger partial charge >= 0.3 is 6.09 Å². The van der Waals surface area contributed by atoms with Crippen LogP contribution in [0.1, 0.15) is 43.7 Å². The first kappa shape index (κ1) is 24.2. The SMILES string of the molecule is CC(C)C(NC(=O)OCc1ccccc1)C(=O)CC1Cc2ncoc2CCCNC(=O)C1=O. The summed E-state index contributed by atoms with van der Waals surface area (Å²) in [5, 5.41) is 5.20. The number of carbonyl (C=O) groups is 4. The summed E-state index contributed by atoms with van der Waals surface area (Å²) in [7, 11) is 0. The molecule has 0 spiro atoms. The number of nitrogens with one attached hydrogen (secondary N) is 2. The number of ether oxygens (including phenoxy) is 1. The summed E-state index contributed by atoms with van der Waals surface area (Å²) in [6.07, 6.45) is 1.69. The van der Waals surface area contributed by atoms with Gasteiger partial charge in [-0.1, -0.05) is 44.2 Å². The normalized spacial score (nSPS) is 17.6. The van der Waals surface area contributed by atoms with Crippen LogP contribution in [0.5, 0.6) is 0 Å². The van der Waals surface area contributed by atoms with Gasteiger partial charge in [0.25, 0.3) is 5.91 Å². The zero-order valence-electron chi connectivity index (χ0n) is 18.8. The first-order valence-corrected chi connectivity index (χ1v) is 11.1. The molecule has 0 saturated heterocycles. The molecular weight excluding hydrogens is 426 g/mol. The number of oxazole rings is 1. The Morgan fingerprint density at radius 2 is 2.00 bits per heavy atom. The van der Waals surface area contributed by atoms with E-state index in [2.05, 4.69) is 15.6 Å². The molecule has 176 valence electrons. The van der Waals surface area contributed by atoms with Crippen molar-refractivity contribution in [1.29, 1.82) is 0 Å². The van der Waals surface area contributed by atoms with Gasteiger partial charge in [-0.25, -0.2) is 9.78 Å². The van der Waals surface area contributed by atoms with E-state index in [0.29, 0.717) is 30.8 Å². The van der Waals surface area contributed by atoms with Gasteiger partial charge in [0.2, 0.25) is 5.78 Å². The molecule has 0 bridgehead atoms. The van der Waals surface area contributed by atoms with Crippen LogP contribution >= 0.6 is 0 Å². The minimum Gasteiger partial charge on any atom is -0.448 e. The van der Waals surface area contributed by atoms with E-state index in [1.165, 1.54) is 6.39 Å². The molecule has 1 aliphatic rings. The molecule has 0 fully saturated rings. The van der Waals surface area contributed by atoms with Crippen molar-refractivity contribution in [1.82, 2.24) is 15.6 Å². The molecule has 9 nitrogen and oxygen atoms in total. The van der Waals surface area contributed by atoms with Gasteiger partial charge in [0.1, 0.15) is 12.4 Å². The maximum absolute atomic E-state index is 13.1. The number of hydrogen-bond donors (Lipinski definition) is 2. The number of ketones is 2. The van der Waals surface area contributed by atoms with Crippen LogP contribution in [-0.2, 0) is 38.6 Å². The maximum atomic E-state index is 13.1.